The van der Waals surface area contributed by atoms with Crippen molar-refractivity contribution in [3.8, 4) is 0 Å². The summed E-state index contributed by atoms with van der Waals surface area (Å²) >= 11 is 0. The van der Waals surface area contributed by atoms with Gasteiger partial charge in [0.2, 0.25) is 0 Å². The molecule has 0 fully saturated rings. The quantitative estimate of drug-likeness (QED) is 0.0584. The van der Waals surface area contributed by atoms with E-state index < -0.39 is 5.97 Å². The number of carbonyl (C=O) groups is 2. The van der Waals surface area contributed by atoms with Crippen LogP contribution < -0.4 is 0 Å². The largest absolute Gasteiger partial charge is 0.481 e. The lowest BCUT2D eigenvalue weighted by atomic mass is 10.1. The van der Waals surface area contributed by atoms with Crippen LogP contribution >= 0.6 is 0 Å². The highest BCUT2D eigenvalue weighted by Gasteiger charge is 1.96. The van der Waals surface area contributed by atoms with Crippen LogP contribution in [0, 0.1) is 0 Å². The molecule has 36 heavy (non-hydrogen) atoms. The molecule has 0 aromatic rings. The van der Waals surface area contributed by atoms with E-state index in [9.17, 15) is 9.59 Å². The number of aliphatic carboxylic acids is 1. The van der Waals surface area contributed by atoms with Gasteiger partial charge in [0, 0.05) is 12.8 Å². The van der Waals surface area contributed by atoms with Gasteiger partial charge in [-0.15, -0.1) is 0 Å². The number of hydrogen-bond donors (Lipinski definition) is 1. The molecule has 0 aliphatic heterocycles. The number of hydrogen-bond acceptors (Lipinski definition) is 2. The lowest BCUT2D eigenvalue weighted by Crippen LogP contribution is -1.93. The third kappa shape index (κ3) is 39.3. The minimum absolute atomic E-state index is 0.326. The van der Waals surface area contributed by atoms with Gasteiger partial charge < -0.3 is 9.90 Å². The molecule has 0 spiro atoms. The molecule has 3 nitrogen and oxygen atoms in total. The summed E-state index contributed by atoms with van der Waals surface area (Å²) < 4.78 is 0. The second-order valence-corrected chi connectivity index (χ2v) is 9.52. The van der Waals surface area contributed by atoms with Crippen LogP contribution in [0.5, 0.6) is 0 Å². The minimum atomic E-state index is -0.669. The molecule has 0 aromatic heterocycles. The molecule has 0 atom stereocenters. The first-order chi connectivity index (χ1) is 17.7. The molecule has 208 valence electrons. The molecule has 0 saturated heterocycles. The van der Waals surface area contributed by atoms with E-state index in [1.165, 1.54) is 89.9 Å². The molecule has 0 amide bonds. The van der Waals surface area contributed by atoms with Crippen molar-refractivity contribution in [3.05, 3.63) is 48.6 Å². The first kappa shape index (κ1) is 36.3. The zero-order valence-electron chi connectivity index (χ0n) is 23.8. The number of allylic oxidation sites excluding steroid dienone is 8. The summed E-state index contributed by atoms with van der Waals surface area (Å²) in [6, 6.07) is 0. The topological polar surface area (TPSA) is 54.4 Å². The summed E-state index contributed by atoms with van der Waals surface area (Å²) in [7, 11) is 0. The maximum Gasteiger partial charge on any atom is 0.303 e. The van der Waals surface area contributed by atoms with Crippen molar-refractivity contribution >= 4 is 12.3 Å². The van der Waals surface area contributed by atoms with Crippen LogP contribution in [0.2, 0.25) is 0 Å². The fourth-order valence-corrected chi connectivity index (χ4v) is 3.57. The van der Waals surface area contributed by atoms with Crippen molar-refractivity contribution < 1.29 is 14.7 Å². The Morgan fingerprint density at radius 3 is 1.42 bits per heavy atom. The smallest absolute Gasteiger partial charge is 0.303 e. The summed E-state index contributed by atoms with van der Waals surface area (Å²) in [5, 5.41) is 8.49. The van der Waals surface area contributed by atoms with Crippen molar-refractivity contribution in [2.24, 2.45) is 0 Å². The second-order valence-electron chi connectivity index (χ2n) is 9.52. The molecule has 0 bridgehead atoms. The molecule has 0 aromatic carbocycles. The maximum atomic E-state index is 10.3. The Bertz CT molecular complexity index is 557. The Balaban J connectivity index is 0. The summed E-state index contributed by atoms with van der Waals surface area (Å²) in [6.07, 6.45) is 42.5. The lowest BCUT2D eigenvalue weighted by molar-refractivity contribution is -0.137. The van der Waals surface area contributed by atoms with Gasteiger partial charge in [0.15, 0.2) is 0 Å². The van der Waals surface area contributed by atoms with E-state index in [-0.39, 0.29) is 0 Å². The maximum absolute atomic E-state index is 10.3. The molecule has 0 unspecified atom stereocenters. The Morgan fingerprint density at radius 2 is 0.889 bits per heavy atom. The van der Waals surface area contributed by atoms with Gasteiger partial charge in [0.25, 0.3) is 0 Å². The van der Waals surface area contributed by atoms with E-state index in [0.717, 1.165) is 44.8 Å². The molecule has 0 heterocycles. The Kier molecular flexibility index (Phi) is 35.5. The molecule has 1 N–H and O–H groups in total. The SMILES string of the molecule is CCCC/C=C/CC/C=C\CCCCCC=O.CCCC/C=C\C=C\CCCCCCCCC(=O)O. The summed E-state index contributed by atoms with van der Waals surface area (Å²) in [5.41, 5.74) is 0. The predicted molar refractivity (Wildman–Crippen MR) is 159 cm³/mol. The molecular formula is C33H58O3. The van der Waals surface area contributed by atoms with E-state index in [1.54, 1.807) is 0 Å². The number of aldehydes is 1. The van der Waals surface area contributed by atoms with Gasteiger partial charge >= 0.3 is 5.97 Å². The van der Waals surface area contributed by atoms with Crippen molar-refractivity contribution in [1.29, 1.82) is 0 Å². The monoisotopic (exact) mass is 502 g/mol. The van der Waals surface area contributed by atoms with E-state index in [2.05, 4.69) is 62.5 Å². The van der Waals surface area contributed by atoms with Crippen LogP contribution in [0.4, 0.5) is 0 Å². The zero-order chi connectivity index (χ0) is 26.8. The standard InChI is InChI=1S/C17H30O2.C16H28O/c1-2-3-4-5-6-7-8-9-10-11-12-13-14-15-16-17(18)19;1-2-3-4-5-6-7-8-9-10-11-12-13-14-15-16-17/h5-8H,2-4,9-16H2,1H3,(H,18,19);5-6,9-10,16H,2-4,7-8,11-15H2,1H3/b6-5-,8-7+;6-5+,10-9-. The molecule has 0 aliphatic rings. The van der Waals surface area contributed by atoms with Crippen molar-refractivity contribution in [3.63, 3.8) is 0 Å². The van der Waals surface area contributed by atoms with Crippen molar-refractivity contribution in [1.82, 2.24) is 0 Å². The van der Waals surface area contributed by atoms with E-state index in [0.29, 0.717) is 6.42 Å². The zero-order valence-corrected chi connectivity index (χ0v) is 23.8. The third-order valence-electron chi connectivity index (χ3n) is 5.87. The van der Waals surface area contributed by atoms with E-state index in [1.807, 2.05) is 0 Å². The first-order valence-corrected chi connectivity index (χ1v) is 15.0. The summed E-state index contributed by atoms with van der Waals surface area (Å²) in [5.74, 6) is -0.669. The second kappa shape index (κ2) is 35.3. The van der Waals surface area contributed by atoms with Crippen molar-refractivity contribution in [2.75, 3.05) is 0 Å². The predicted octanol–water partition coefficient (Wildman–Crippen LogP) is 10.7. The third-order valence-corrected chi connectivity index (χ3v) is 5.87. The fourth-order valence-electron chi connectivity index (χ4n) is 3.57. The highest BCUT2D eigenvalue weighted by Crippen LogP contribution is 2.09. The van der Waals surface area contributed by atoms with Crippen LogP contribution in [0.15, 0.2) is 48.6 Å². The van der Waals surface area contributed by atoms with Crippen LogP contribution in [0.3, 0.4) is 0 Å². The van der Waals surface area contributed by atoms with Crippen LogP contribution in [-0.4, -0.2) is 17.4 Å². The van der Waals surface area contributed by atoms with Gasteiger partial charge in [-0.2, -0.15) is 0 Å². The molecule has 0 radical (unpaired) electrons. The fraction of sp³-hybridized carbons (Fsp3) is 0.697. The van der Waals surface area contributed by atoms with Gasteiger partial charge in [0.1, 0.15) is 6.29 Å². The van der Waals surface area contributed by atoms with Gasteiger partial charge in [-0.1, -0.05) is 120 Å². The van der Waals surface area contributed by atoms with E-state index >= 15 is 0 Å². The lowest BCUT2D eigenvalue weighted by Gasteiger charge is -1.99. The number of carbonyl (C=O) groups excluding carboxylic acids is 1. The summed E-state index contributed by atoms with van der Waals surface area (Å²) in [6.45, 7) is 4.44. The normalized spacial score (nSPS) is 11.6. The number of carboxylic acid groups (broad SMARTS) is 1. The van der Waals surface area contributed by atoms with Crippen LogP contribution in [0.25, 0.3) is 0 Å². The van der Waals surface area contributed by atoms with Gasteiger partial charge in [-0.25, -0.2) is 0 Å². The Labute approximate surface area is 224 Å². The summed E-state index contributed by atoms with van der Waals surface area (Å²) in [4.78, 5) is 20.4. The number of rotatable bonds is 25. The highest BCUT2D eigenvalue weighted by molar-refractivity contribution is 5.66. The molecule has 3 heteroatoms. The van der Waals surface area contributed by atoms with Gasteiger partial charge in [-0.05, 0) is 64.2 Å². The van der Waals surface area contributed by atoms with Crippen LogP contribution in [-0.2, 0) is 9.59 Å². The molecule has 0 saturated carbocycles. The van der Waals surface area contributed by atoms with E-state index in [4.69, 9.17) is 5.11 Å². The van der Waals surface area contributed by atoms with Gasteiger partial charge in [-0.3, -0.25) is 4.79 Å². The molecular weight excluding hydrogens is 444 g/mol. The number of unbranched alkanes of at least 4 members (excludes halogenated alkanes) is 15. The molecule has 0 aliphatic carbocycles. The Morgan fingerprint density at radius 1 is 0.500 bits per heavy atom. The Hall–Kier alpha value is -1.90. The minimum Gasteiger partial charge on any atom is -0.481 e. The van der Waals surface area contributed by atoms with Crippen LogP contribution in [0.1, 0.15) is 149 Å². The number of carboxylic acids is 1. The highest BCUT2D eigenvalue weighted by atomic mass is 16.4. The van der Waals surface area contributed by atoms with Crippen molar-refractivity contribution in [2.45, 2.75) is 149 Å². The molecule has 0 rings (SSSR count). The average Bonchev–Trinajstić information content (AvgIpc) is 2.87. The average molecular weight is 503 g/mol. The first-order valence-electron chi connectivity index (χ1n) is 15.0. The van der Waals surface area contributed by atoms with Gasteiger partial charge in [0.05, 0.1) is 0 Å².